The Morgan fingerprint density at radius 1 is 1.09 bits per heavy atom. The van der Waals surface area contributed by atoms with E-state index in [-0.39, 0.29) is 11.4 Å². The van der Waals surface area contributed by atoms with Crippen LogP contribution in [0.1, 0.15) is 15.9 Å². The molecule has 3 rings (SSSR count). The minimum atomic E-state index is -4.83. The third kappa shape index (κ3) is 5.88. The van der Waals surface area contributed by atoms with Gasteiger partial charge < -0.3 is 20.8 Å². The monoisotopic (exact) mass is 456 g/mol. The van der Waals surface area contributed by atoms with Crippen molar-refractivity contribution in [2.75, 3.05) is 12.4 Å². The van der Waals surface area contributed by atoms with E-state index in [9.17, 15) is 22.8 Å². The van der Waals surface area contributed by atoms with Gasteiger partial charge in [0.2, 0.25) is 0 Å². The number of hydrogen-bond acceptors (Lipinski definition) is 5. The highest BCUT2D eigenvalue weighted by Gasteiger charge is 2.31. The minimum absolute atomic E-state index is 0.173. The van der Waals surface area contributed by atoms with Crippen molar-refractivity contribution in [1.82, 2.24) is 9.88 Å². The standard InChI is InChI=1S/C23H19F3N4O3/c1-28-13-16(12-27)19-14-30(17-7-9-18(10-8-17)33-23(24,25)26)21(31)11-20(19)29-22(32)15-5-3-2-4-6-15/h2-14,27-28H,1H3,(H,29,32)/b16-13+,27-12?. The minimum Gasteiger partial charge on any atom is -0.406 e. The number of carbonyl (C=O) groups excluding carboxylic acids is 1. The second kappa shape index (κ2) is 9.86. The predicted octanol–water partition coefficient (Wildman–Crippen LogP) is 4.20. The molecular weight excluding hydrogens is 437 g/mol. The Labute approximate surface area is 186 Å². The van der Waals surface area contributed by atoms with Crippen LogP contribution >= 0.6 is 0 Å². The van der Waals surface area contributed by atoms with Crippen LogP contribution in [0.3, 0.4) is 0 Å². The summed E-state index contributed by atoms with van der Waals surface area (Å²) in [5.41, 5.74) is 0.977. The molecule has 3 N–H and O–H groups in total. The molecule has 0 aliphatic carbocycles. The molecule has 10 heteroatoms. The second-order valence-corrected chi connectivity index (χ2v) is 6.70. The van der Waals surface area contributed by atoms with Gasteiger partial charge in [-0.15, -0.1) is 13.2 Å². The van der Waals surface area contributed by atoms with Crippen molar-refractivity contribution in [2.24, 2.45) is 0 Å². The van der Waals surface area contributed by atoms with Crippen LogP contribution in [0.4, 0.5) is 18.9 Å². The lowest BCUT2D eigenvalue weighted by atomic mass is 10.1. The van der Waals surface area contributed by atoms with Gasteiger partial charge in [0.15, 0.2) is 0 Å². The van der Waals surface area contributed by atoms with Gasteiger partial charge in [0.1, 0.15) is 5.75 Å². The summed E-state index contributed by atoms with van der Waals surface area (Å²) in [6, 6.07) is 14.3. The van der Waals surface area contributed by atoms with E-state index >= 15 is 0 Å². The molecule has 0 aliphatic heterocycles. The number of hydrogen-bond donors (Lipinski definition) is 3. The van der Waals surface area contributed by atoms with E-state index in [0.29, 0.717) is 16.7 Å². The number of nitrogens with zero attached hydrogens (tertiary/aromatic N) is 1. The summed E-state index contributed by atoms with van der Waals surface area (Å²) < 4.78 is 42.3. The van der Waals surface area contributed by atoms with E-state index in [1.807, 2.05) is 0 Å². The third-order valence-electron chi connectivity index (χ3n) is 4.45. The number of anilines is 1. The molecule has 1 heterocycles. The van der Waals surface area contributed by atoms with Crippen molar-refractivity contribution in [3.8, 4) is 11.4 Å². The number of nitrogens with one attached hydrogen (secondary N) is 3. The number of alkyl halides is 3. The zero-order chi connectivity index (χ0) is 24.0. The third-order valence-corrected chi connectivity index (χ3v) is 4.45. The number of carbonyl (C=O) groups is 1. The smallest absolute Gasteiger partial charge is 0.406 e. The first-order chi connectivity index (χ1) is 15.7. The highest BCUT2D eigenvalue weighted by atomic mass is 19.4. The number of amides is 1. The Kier molecular flexibility index (Phi) is 6.97. The molecule has 0 radical (unpaired) electrons. The number of ether oxygens (including phenoxy) is 1. The number of rotatable bonds is 7. The van der Waals surface area contributed by atoms with Crippen LogP contribution in [0.2, 0.25) is 0 Å². The number of aromatic nitrogens is 1. The van der Waals surface area contributed by atoms with Gasteiger partial charge >= 0.3 is 6.36 Å². The predicted molar refractivity (Wildman–Crippen MR) is 119 cm³/mol. The van der Waals surface area contributed by atoms with Crippen LogP contribution in [-0.4, -0.2) is 30.1 Å². The van der Waals surface area contributed by atoms with E-state index in [4.69, 9.17) is 5.41 Å². The van der Waals surface area contributed by atoms with Crippen molar-refractivity contribution in [2.45, 2.75) is 6.36 Å². The zero-order valence-electron chi connectivity index (χ0n) is 17.3. The normalized spacial score (nSPS) is 11.6. The fourth-order valence-electron chi connectivity index (χ4n) is 3.01. The first-order valence-electron chi connectivity index (χ1n) is 9.59. The van der Waals surface area contributed by atoms with Gasteiger partial charge in [0.05, 0.1) is 5.69 Å². The van der Waals surface area contributed by atoms with Crippen LogP contribution < -0.4 is 20.9 Å². The van der Waals surface area contributed by atoms with Crippen LogP contribution in [0.25, 0.3) is 11.3 Å². The van der Waals surface area contributed by atoms with Crippen LogP contribution in [0.5, 0.6) is 5.75 Å². The van der Waals surface area contributed by atoms with Gasteiger partial charge in [-0.2, -0.15) is 0 Å². The van der Waals surface area contributed by atoms with E-state index in [1.165, 1.54) is 35.2 Å². The van der Waals surface area contributed by atoms with E-state index in [0.717, 1.165) is 18.3 Å². The Bertz CT molecular complexity index is 1230. The number of pyridine rings is 1. The average molecular weight is 456 g/mol. The summed E-state index contributed by atoms with van der Waals surface area (Å²) in [7, 11) is 1.63. The van der Waals surface area contributed by atoms with E-state index < -0.39 is 23.6 Å². The Morgan fingerprint density at radius 2 is 1.76 bits per heavy atom. The Morgan fingerprint density at radius 3 is 2.33 bits per heavy atom. The Balaban J connectivity index is 2.05. The van der Waals surface area contributed by atoms with Gasteiger partial charge in [0.25, 0.3) is 11.5 Å². The molecule has 0 spiro atoms. The fraction of sp³-hybridized carbons (Fsp3) is 0.0870. The molecule has 0 aliphatic rings. The van der Waals surface area contributed by atoms with Crippen molar-refractivity contribution in [3.63, 3.8) is 0 Å². The maximum absolute atomic E-state index is 12.8. The molecule has 3 aromatic rings. The Hall–Kier alpha value is -4.34. The lowest BCUT2D eigenvalue weighted by Crippen LogP contribution is -2.22. The molecule has 0 atom stereocenters. The largest absolute Gasteiger partial charge is 0.573 e. The maximum Gasteiger partial charge on any atom is 0.573 e. The maximum atomic E-state index is 12.8. The molecule has 33 heavy (non-hydrogen) atoms. The molecule has 2 aromatic carbocycles. The number of halogens is 3. The van der Waals surface area contributed by atoms with E-state index in [2.05, 4.69) is 15.4 Å². The lowest BCUT2D eigenvalue weighted by molar-refractivity contribution is -0.274. The summed E-state index contributed by atoms with van der Waals surface area (Å²) >= 11 is 0. The number of allylic oxidation sites excluding steroid dienone is 1. The number of benzene rings is 2. The zero-order valence-corrected chi connectivity index (χ0v) is 17.3. The van der Waals surface area contributed by atoms with Gasteiger partial charge in [-0.3, -0.25) is 14.2 Å². The van der Waals surface area contributed by atoms with E-state index in [1.54, 1.807) is 37.4 Å². The fourth-order valence-corrected chi connectivity index (χ4v) is 3.01. The molecule has 1 aromatic heterocycles. The molecule has 7 nitrogen and oxygen atoms in total. The molecule has 1 amide bonds. The SMILES string of the molecule is CN/C=C(\C=N)c1cn(-c2ccc(OC(F)(F)F)cc2)c(=O)cc1NC(=O)c1ccccc1. The van der Waals surface area contributed by atoms with Gasteiger partial charge in [-0.25, -0.2) is 0 Å². The average Bonchev–Trinajstić information content (AvgIpc) is 2.78. The van der Waals surface area contributed by atoms with Crippen LogP contribution in [0, 0.1) is 5.41 Å². The molecule has 170 valence electrons. The van der Waals surface area contributed by atoms with Crippen LogP contribution in [0.15, 0.2) is 77.9 Å². The summed E-state index contributed by atoms with van der Waals surface area (Å²) in [5.74, 6) is -0.877. The molecule has 0 unspecified atom stereocenters. The molecule has 0 saturated carbocycles. The molecule has 0 bridgehead atoms. The summed E-state index contributed by atoms with van der Waals surface area (Å²) in [6.45, 7) is 0. The van der Waals surface area contributed by atoms with Gasteiger partial charge in [-0.05, 0) is 36.4 Å². The topological polar surface area (TPSA) is 96.2 Å². The van der Waals surface area contributed by atoms with Crippen molar-refractivity contribution in [3.05, 3.63) is 94.5 Å². The first-order valence-corrected chi connectivity index (χ1v) is 9.59. The summed E-state index contributed by atoms with van der Waals surface area (Å²) in [4.78, 5) is 25.4. The molecular formula is C23H19F3N4O3. The van der Waals surface area contributed by atoms with Crippen molar-refractivity contribution in [1.29, 1.82) is 5.41 Å². The highest BCUT2D eigenvalue weighted by molar-refractivity contribution is 6.13. The second-order valence-electron chi connectivity index (χ2n) is 6.70. The van der Waals surface area contributed by atoms with Gasteiger partial charge in [0, 0.05) is 54.1 Å². The molecule has 0 fully saturated rings. The molecule has 0 saturated heterocycles. The van der Waals surface area contributed by atoms with Crippen LogP contribution in [-0.2, 0) is 0 Å². The first kappa shape index (κ1) is 23.3. The van der Waals surface area contributed by atoms with Crippen molar-refractivity contribution >= 4 is 23.4 Å². The highest BCUT2D eigenvalue weighted by Crippen LogP contribution is 2.25. The van der Waals surface area contributed by atoms with Crippen molar-refractivity contribution < 1.29 is 22.7 Å². The lowest BCUT2D eigenvalue weighted by Gasteiger charge is -2.15. The summed E-state index contributed by atoms with van der Waals surface area (Å²) in [6.07, 6.45) is -0.883. The quantitative estimate of drug-likeness (QED) is 0.465. The van der Waals surface area contributed by atoms with Gasteiger partial charge in [-0.1, -0.05) is 18.2 Å². The summed E-state index contributed by atoms with van der Waals surface area (Å²) in [5, 5.41) is 13.2.